The topological polar surface area (TPSA) is 67.7 Å². The molecule has 3 aromatic rings. The van der Waals surface area contributed by atoms with Crippen LogP contribution in [0.1, 0.15) is 25.3 Å². The van der Waals surface area contributed by atoms with Gasteiger partial charge in [0.1, 0.15) is 5.82 Å². The average Bonchev–Trinajstić information content (AvgIpc) is 2.92. The maximum Gasteiger partial charge on any atom is 0.226 e. The number of rotatable bonds is 6. The van der Waals surface area contributed by atoms with Crippen molar-refractivity contribution in [3.05, 3.63) is 36.0 Å². The Balaban J connectivity index is 1.94. The number of nitrogens with zero attached hydrogens (tertiary/aromatic N) is 4. The third-order valence-corrected chi connectivity index (χ3v) is 3.72. The molecule has 1 aromatic carbocycles. The number of anilines is 3. The Morgan fingerprint density at radius 2 is 1.91 bits per heavy atom. The van der Waals surface area contributed by atoms with Gasteiger partial charge in [0.05, 0.1) is 11.6 Å². The van der Waals surface area contributed by atoms with Gasteiger partial charge in [-0.2, -0.15) is 15.1 Å². The summed E-state index contributed by atoms with van der Waals surface area (Å²) in [6.45, 7) is 5.10. The fourth-order valence-electron chi connectivity index (χ4n) is 2.35. The first-order valence-corrected chi connectivity index (χ1v) is 7.94. The predicted octanol–water partition coefficient (Wildman–Crippen LogP) is 3.63. The number of aromatic nitrogens is 4. The molecule has 6 nitrogen and oxygen atoms in total. The zero-order valence-corrected chi connectivity index (χ0v) is 13.8. The van der Waals surface area contributed by atoms with Gasteiger partial charge in [-0.3, -0.25) is 4.68 Å². The van der Waals surface area contributed by atoms with E-state index in [1.165, 1.54) is 5.56 Å². The van der Waals surface area contributed by atoms with Crippen molar-refractivity contribution >= 4 is 28.5 Å². The Kier molecular flexibility index (Phi) is 4.41. The highest BCUT2D eigenvalue weighted by molar-refractivity contribution is 5.89. The Morgan fingerprint density at radius 1 is 1.13 bits per heavy atom. The molecule has 0 amide bonds. The van der Waals surface area contributed by atoms with Crippen LogP contribution >= 0.6 is 0 Å². The molecule has 120 valence electrons. The normalized spacial score (nSPS) is 10.9. The van der Waals surface area contributed by atoms with Gasteiger partial charge in [0.2, 0.25) is 5.95 Å². The van der Waals surface area contributed by atoms with E-state index in [-0.39, 0.29) is 0 Å². The molecular weight excluding hydrogens is 288 g/mol. The minimum absolute atomic E-state index is 0.629. The summed E-state index contributed by atoms with van der Waals surface area (Å²) in [4.78, 5) is 9.18. The lowest BCUT2D eigenvalue weighted by Gasteiger charge is -2.10. The third-order valence-electron chi connectivity index (χ3n) is 3.72. The molecule has 0 aliphatic carbocycles. The highest BCUT2D eigenvalue weighted by Gasteiger charge is 2.11. The lowest BCUT2D eigenvalue weighted by Crippen LogP contribution is -2.08. The number of hydrogen-bond acceptors (Lipinski definition) is 5. The number of unbranched alkanes of at least 4 members (excludes halogenated alkanes) is 1. The van der Waals surface area contributed by atoms with Crippen molar-refractivity contribution in [3.8, 4) is 0 Å². The van der Waals surface area contributed by atoms with Crippen LogP contribution in [0.15, 0.2) is 30.5 Å². The van der Waals surface area contributed by atoms with Crippen molar-refractivity contribution < 1.29 is 0 Å². The van der Waals surface area contributed by atoms with Crippen molar-refractivity contribution in [1.29, 1.82) is 0 Å². The van der Waals surface area contributed by atoms with E-state index in [1.807, 2.05) is 19.2 Å². The second kappa shape index (κ2) is 6.64. The van der Waals surface area contributed by atoms with Crippen LogP contribution in [0.5, 0.6) is 0 Å². The Hall–Kier alpha value is -2.63. The first-order chi connectivity index (χ1) is 11.2. The van der Waals surface area contributed by atoms with Gasteiger partial charge in [0.15, 0.2) is 5.65 Å². The maximum absolute atomic E-state index is 4.62. The summed E-state index contributed by atoms with van der Waals surface area (Å²) in [5.74, 6) is 1.40. The molecule has 2 N–H and O–H groups in total. The number of aryl methyl sites for hydroxylation is 2. The largest absolute Gasteiger partial charge is 0.354 e. The molecule has 0 aliphatic heterocycles. The summed E-state index contributed by atoms with van der Waals surface area (Å²) in [6, 6.07) is 8.24. The van der Waals surface area contributed by atoms with Crippen LogP contribution in [0.4, 0.5) is 17.5 Å². The van der Waals surface area contributed by atoms with Gasteiger partial charge in [-0.1, -0.05) is 31.0 Å². The fourth-order valence-corrected chi connectivity index (χ4v) is 2.35. The molecule has 0 atom stereocenters. The predicted molar refractivity (Wildman–Crippen MR) is 94.2 cm³/mol. The first kappa shape index (κ1) is 15.3. The van der Waals surface area contributed by atoms with Crippen molar-refractivity contribution in [3.63, 3.8) is 0 Å². The molecule has 2 heterocycles. The van der Waals surface area contributed by atoms with Crippen molar-refractivity contribution in [2.24, 2.45) is 7.05 Å². The Bertz CT molecular complexity index is 791. The lowest BCUT2D eigenvalue weighted by molar-refractivity contribution is 0.783. The van der Waals surface area contributed by atoms with E-state index in [1.54, 1.807) is 10.9 Å². The minimum atomic E-state index is 0.629. The maximum atomic E-state index is 4.62. The zero-order chi connectivity index (χ0) is 16.2. The Morgan fingerprint density at radius 3 is 2.65 bits per heavy atom. The van der Waals surface area contributed by atoms with E-state index in [2.05, 4.69) is 51.7 Å². The monoisotopic (exact) mass is 310 g/mol. The summed E-state index contributed by atoms with van der Waals surface area (Å²) < 4.78 is 1.77. The minimum Gasteiger partial charge on any atom is -0.354 e. The molecule has 0 radical (unpaired) electrons. The molecule has 23 heavy (non-hydrogen) atoms. The van der Waals surface area contributed by atoms with Crippen molar-refractivity contribution in [1.82, 2.24) is 19.7 Å². The standard InChI is InChI=1S/C17H22N6/c1-4-5-10-18-17-21-15(14-11-19-23(3)16(14)22-17)20-13-8-6-12(2)7-9-13/h6-9,11H,4-5,10H2,1-3H3,(H2,18,20,21,22). The first-order valence-electron chi connectivity index (χ1n) is 7.94. The van der Waals surface area contributed by atoms with E-state index in [0.717, 1.165) is 41.9 Å². The van der Waals surface area contributed by atoms with Crippen LogP contribution in [-0.2, 0) is 7.05 Å². The number of benzene rings is 1. The van der Waals surface area contributed by atoms with Crippen molar-refractivity contribution in [2.45, 2.75) is 26.7 Å². The van der Waals surface area contributed by atoms with Gasteiger partial charge < -0.3 is 10.6 Å². The van der Waals surface area contributed by atoms with E-state index < -0.39 is 0 Å². The fraction of sp³-hybridized carbons (Fsp3) is 0.353. The molecule has 0 saturated carbocycles. The van der Waals surface area contributed by atoms with Gasteiger partial charge in [0, 0.05) is 19.3 Å². The molecule has 0 unspecified atom stereocenters. The van der Waals surface area contributed by atoms with Gasteiger partial charge in [0.25, 0.3) is 0 Å². The second-order valence-electron chi connectivity index (χ2n) is 5.67. The van der Waals surface area contributed by atoms with Crippen molar-refractivity contribution in [2.75, 3.05) is 17.2 Å². The smallest absolute Gasteiger partial charge is 0.226 e. The molecule has 2 aromatic heterocycles. The quantitative estimate of drug-likeness (QED) is 0.681. The molecule has 6 heteroatoms. The highest BCUT2D eigenvalue weighted by atomic mass is 15.3. The molecular formula is C17H22N6. The summed E-state index contributed by atoms with van der Waals surface area (Å²) in [7, 11) is 1.89. The molecule has 0 spiro atoms. The third kappa shape index (κ3) is 3.41. The average molecular weight is 310 g/mol. The van der Waals surface area contributed by atoms with E-state index >= 15 is 0 Å². The van der Waals surface area contributed by atoms with E-state index in [0.29, 0.717) is 5.95 Å². The van der Waals surface area contributed by atoms with Gasteiger partial charge >= 0.3 is 0 Å². The number of nitrogens with one attached hydrogen (secondary N) is 2. The summed E-state index contributed by atoms with van der Waals surface area (Å²) in [5.41, 5.74) is 3.04. The highest BCUT2D eigenvalue weighted by Crippen LogP contribution is 2.25. The SMILES string of the molecule is CCCCNc1nc(Nc2ccc(C)cc2)c2cnn(C)c2n1. The molecule has 3 rings (SSSR count). The van der Waals surface area contributed by atoms with Gasteiger partial charge in [-0.15, -0.1) is 0 Å². The van der Waals surface area contributed by atoms with Crippen LogP contribution < -0.4 is 10.6 Å². The van der Waals surface area contributed by atoms with Crippen LogP contribution in [0.2, 0.25) is 0 Å². The van der Waals surface area contributed by atoms with Crippen LogP contribution in [0.25, 0.3) is 11.0 Å². The van der Waals surface area contributed by atoms with Gasteiger partial charge in [-0.05, 0) is 25.5 Å². The van der Waals surface area contributed by atoms with Crippen LogP contribution in [0.3, 0.4) is 0 Å². The van der Waals surface area contributed by atoms with E-state index in [9.17, 15) is 0 Å². The van der Waals surface area contributed by atoms with Gasteiger partial charge in [-0.25, -0.2) is 0 Å². The molecule has 0 bridgehead atoms. The molecule has 0 saturated heterocycles. The zero-order valence-electron chi connectivity index (χ0n) is 13.8. The Labute approximate surface area is 136 Å². The summed E-state index contributed by atoms with van der Waals surface area (Å²) in [6.07, 6.45) is 4.02. The van der Waals surface area contributed by atoms with Crippen LogP contribution in [0, 0.1) is 6.92 Å². The second-order valence-corrected chi connectivity index (χ2v) is 5.67. The summed E-state index contributed by atoms with van der Waals surface area (Å²) in [5, 5.41) is 11.9. The molecule has 0 aliphatic rings. The number of fused-ring (bicyclic) bond motifs is 1. The lowest BCUT2D eigenvalue weighted by atomic mass is 10.2. The van der Waals surface area contributed by atoms with Crippen LogP contribution in [-0.4, -0.2) is 26.3 Å². The summed E-state index contributed by atoms with van der Waals surface area (Å²) >= 11 is 0. The number of hydrogen-bond donors (Lipinski definition) is 2. The van der Waals surface area contributed by atoms with E-state index in [4.69, 9.17) is 0 Å². The molecule has 0 fully saturated rings.